The van der Waals surface area contributed by atoms with Crippen LogP contribution in [-0.2, 0) is 19.6 Å². The van der Waals surface area contributed by atoms with Gasteiger partial charge in [0.1, 0.15) is 11.8 Å². The Bertz CT molecular complexity index is 1080. The second kappa shape index (κ2) is 8.04. The number of hydrogen-bond acceptors (Lipinski definition) is 5. The lowest BCUT2D eigenvalue weighted by atomic mass is 10.1. The van der Waals surface area contributed by atoms with Gasteiger partial charge in [-0.25, -0.2) is 12.7 Å². The number of sulfonamides is 1. The van der Waals surface area contributed by atoms with E-state index in [0.29, 0.717) is 20.8 Å². The lowest BCUT2D eigenvalue weighted by Gasteiger charge is -2.24. The third-order valence-electron chi connectivity index (χ3n) is 4.92. The van der Waals surface area contributed by atoms with Gasteiger partial charge >= 0.3 is 0 Å². The molecule has 7 nitrogen and oxygen atoms in total. The van der Waals surface area contributed by atoms with E-state index in [9.17, 15) is 18.0 Å². The summed E-state index contributed by atoms with van der Waals surface area (Å²) in [5.41, 5.74) is 2.10. The van der Waals surface area contributed by atoms with E-state index in [2.05, 4.69) is 5.32 Å². The van der Waals surface area contributed by atoms with Crippen molar-refractivity contribution >= 4 is 39.1 Å². The van der Waals surface area contributed by atoms with E-state index < -0.39 is 27.9 Å². The van der Waals surface area contributed by atoms with Gasteiger partial charge in [-0.1, -0.05) is 17.7 Å². The molecule has 0 aromatic heterocycles. The van der Waals surface area contributed by atoms with Crippen molar-refractivity contribution in [1.82, 2.24) is 4.31 Å². The fraction of sp³-hybridized carbons (Fsp3) is 0.300. The van der Waals surface area contributed by atoms with Crippen molar-refractivity contribution in [3.8, 4) is 5.75 Å². The van der Waals surface area contributed by atoms with Gasteiger partial charge in [0.2, 0.25) is 11.8 Å². The Morgan fingerprint density at radius 2 is 1.90 bits per heavy atom. The van der Waals surface area contributed by atoms with Crippen LogP contribution in [0.25, 0.3) is 0 Å². The number of methoxy groups -OCH3 is 1. The SMILES string of the molecule is COc1ccc(NC(=O)[C@H]2CCC(=O)N2S(=O)(=O)c2ccc(C)c(C)c2)cc1Cl. The van der Waals surface area contributed by atoms with Crippen LogP contribution < -0.4 is 10.1 Å². The molecule has 0 saturated carbocycles. The molecule has 0 spiro atoms. The Hall–Kier alpha value is -2.58. The van der Waals surface area contributed by atoms with E-state index in [0.717, 1.165) is 11.1 Å². The molecule has 2 aromatic carbocycles. The molecule has 2 amide bonds. The van der Waals surface area contributed by atoms with Gasteiger partial charge in [-0.2, -0.15) is 0 Å². The molecule has 3 rings (SSSR count). The van der Waals surface area contributed by atoms with Gasteiger partial charge in [0.15, 0.2) is 0 Å². The van der Waals surface area contributed by atoms with Gasteiger partial charge in [0.05, 0.1) is 17.0 Å². The molecule has 1 aliphatic heterocycles. The fourth-order valence-electron chi connectivity index (χ4n) is 3.16. The van der Waals surface area contributed by atoms with E-state index in [-0.39, 0.29) is 17.7 Å². The van der Waals surface area contributed by atoms with Gasteiger partial charge in [-0.05, 0) is 61.7 Å². The maximum absolute atomic E-state index is 13.1. The van der Waals surface area contributed by atoms with E-state index in [4.69, 9.17) is 16.3 Å². The zero-order valence-electron chi connectivity index (χ0n) is 16.2. The number of nitrogens with zero attached hydrogens (tertiary/aromatic N) is 1. The molecule has 0 bridgehead atoms. The average Bonchev–Trinajstić information content (AvgIpc) is 3.06. The topological polar surface area (TPSA) is 92.8 Å². The Kier molecular flexibility index (Phi) is 5.86. The maximum Gasteiger partial charge on any atom is 0.267 e. The minimum Gasteiger partial charge on any atom is -0.495 e. The van der Waals surface area contributed by atoms with Crippen molar-refractivity contribution in [2.75, 3.05) is 12.4 Å². The van der Waals surface area contributed by atoms with Crippen LogP contribution in [-0.4, -0.2) is 37.7 Å². The summed E-state index contributed by atoms with van der Waals surface area (Å²) in [6, 6.07) is 8.17. The third-order valence-corrected chi connectivity index (χ3v) is 7.04. The number of carbonyl (C=O) groups is 2. The van der Waals surface area contributed by atoms with Crippen molar-refractivity contribution in [3.05, 3.63) is 52.5 Å². The van der Waals surface area contributed by atoms with Crippen LogP contribution >= 0.6 is 11.6 Å². The minimum atomic E-state index is -4.16. The number of hydrogen-bond donors (Lipinski definition) is 1. The molecular weight excluding hydrogens is 416 g/mol. The van der Waals surface area contributed by atoms with Gasteiger partial charge < -0.3 is 10.1 Å². The number of halogens is 1. The molecule has 29 heavy (non-hydrogen) atoms. The molecule has 1 saturated heterocycles. The lowest BCUT2D eigenvalue weighted by Crippen LogP contribution is -2.45. The minimum absolute atomic E-state index is 0.0128. The summed E-state index contributed by atoms with van der Waals surface area (Å²) >= 11 is 6.07. The Morgan fingerprint density at radius 3 is 2.52 bits per heavy atom. The molecule has 1 N–H and O–H groups in total. The lowest BCUT2D eigenvalue weighted by molar-refractivity contribution is -0.128. The Balaban J connectivity index is 1.88. The van der Waals surface area contributed by atoms with Crippen LogP contribution in [0, 0.1) is 13.8 Å². The summed E-state index contributed by atoms with van der Waals surface area (Å²) in [6.45, 7) is 3.65. The van der Waals surface area contributed by atoms with E-state index in [1.807, 2.05) is 6.92 Å². The highest BCUT2D eigenvalue weighted by molar-refractivity contribution is 7.89. The molecule has 2 aromatic rings. The molecule has 0 radical (unpaired) electrons. The summed E-state index contributed by atoms with van der Waals surface area (Å²) in [5.74, 6) is -0.750. The zero-order chi connectivity index (χ0) is 21.3. The highest BCUT2D eigenvalue weighted by Crippen LogP contribution is 2.31. The first-order chi connectivity index (χ1) is 13.6. The van der Waals surface area contributed by atoms with E-state index in [1.54, 1.807) is 25.1 Å². The largest absolute Gasteiger partial charge is 0.495 e. The highest BCUT2D eigenvalue weighted by atomic mass is 35.5. The first-order valence-electron chi connectivity index (χ1n) is 8.94. The first kappa shape index (κ1) is 21.1. The maximum atomic E-state index is 13.1. The summed E-state index contributed by atoms with van der Waals surface area (Å²) in [6.07, 6.45) is 0.0875. The summed E-state index contributed by atoms with van der Waals surface area (Å²) in [4.78, 5) is 25.2. The molecule has 1 fully saturated rings. The molecular formula is C20H21ClN2O5S. The standard InChI is InChI=1S/C20H21ClN2O5S/c1-12-4-6-15(10-13(12)2)29(26,27)23-17(7-9-19(23)24)20(25)22-14-5-8-18(28-3)16(21)11-14/h4-6,8,10-11,17H,7,9H2,1-3H3,(H,22,25)/t17-/m1/s1. The van der Waals surface area contributed by atoms with Crippen molar-refractivity contribution in [2.45, 2.75) is 37.6 Å². The summed E-state index contributed by atoms with van der Waals surface area (Å²) in [5, 5.41) is 2.93. The molecule has 9 heteroatoms. The van der Waals surface area contributed by atoms with Crippen LogP contribution in [0.4, 0.5) is 5.69 Å². The molecule has 0 unspecified atom stereocenters. The predicted octanol–water partition coefficient (Wildman–Crippen LogP) is 3.28. The Labute approximate surface area is 174 Å². The molecule has 1 heterocycles. The number of amides is 2. The normalized spacial score (nSPS) is 16.8. The van der Waals surface area contributed by atoms with E-state index in [1.165, 1.54) is 25.3 Å². The van der Waals surface area contributed by atoms with Crippen molar-refractivity contribution in [1.29, 1.82) is 0 Å². The summed E-state index contributed by atoms with van der Waals surface area (Å²) in [7, 11) is -2.68. The number of benzene rings is 2. The van der Waals surface area contributed by atoms with Crippen LogP contribution in [0.5, 0.6) is 5.75 Å². The predicted molar refractivity (Wildman–Crippen MR) is 110 cm³/mol. The number of anilines is 1. The number of nitrogens with one attached hydrogen (secondary N) is 1. The van der Waals surface area contributed by atoms with Gasteiger partial charge in [0, 0.05) is 12.1 Å². The quantitative estimate of drug-likeness (QED) is 0.776. The Morgan fingerprint density at radius 1 is 1.17 bits per heavy atom. The van der Waals surface area contributed by atoms with Crippen molar-refractivity contribution < 1.29 is 22.7 Å². The van der Waals surface area contributed by atoms with Gasteiger partial charge in [-0.3, -0.25) is 9.59 Å². The molecule has 0 aliphatic carbocycles. The summed E-state index contributed by atoms with van der Waals surface area (Å²) < 4.78 is 32.0. The number of ether oxygens (including phenoxy) is 1. The molecule has 154 valence electrons. The zero-order valence-corrected chi connectivity index (χ0v) is 17.8. The fourth-order valence-corrected chi connectivity index (χ4v) is 5.10. The van der Waals surface area contributed by atoms with Crippen LogP contribution in [0.15, 0.2) is 41.3 Å². The van der Waals surface area contributed by atoms with E-state index >= 15 is 0 Å². The van der Waals surface area contributed by atoms with Crippen LogP contribution in [0.1, 0.15) is 24.0 Å². The smallest absolute Gasteiger partial charge is 0.267 e. The molecule has 1 atom stereocenters. The number of rotatable bonds is 5. The van der Waals surface area contributed by atoms with Gasteiger partial charge in [0.25, 0.3) is 10.0 Å². The monoisotopic (exact) mass is 436 g/mol. The average molecular weight is 437 g/mol. The first-order valence-corrected chi connectivity index (χ1v) is 10.8. The van der Waals surface area contributed by atoms with Gasteiger partial charge in [-0.15, -0.1) is 0 Å². The van der Waals surface area contributed by atoms with Crippen molar-refractivity contribution in [3.63, 3.8) is 0 Å². The van der Waals surface area contributed by atoms with Crippen LogP contribution in [0.2, 0.25) is 5.02 Å². The van der Waals surface area contributed by atoms with Crippen LogP contribution in [0.3, 0.4) is 0 Å². The molecule has 1 aliphatic rings. The highest BCUT2D eigenvalue weighted by Gasteiger charge is 2.44. The third kappa shape index (κ3) is 4.09. The second-order valence-electron chi connectivity index (χ2n) is 6.83. The number of aryl methyl sites for hydroxylation is 2. The second-order valence-corrected chi connectivity index (χ2v) is 9.06. The van der Waals surface area contributed by atoms with Crippen molar-refractivity contribution in [2.24, 2.45) is 0 Å². The number of carbonyl (C=O) groups excluding carboxylic acids is 2.